The van der Waals surface area contributed by atoms with Crippen LogP contribution in [0.1, 0.15) is 37.0 Å². The van der Waals surface area contributed by atoms with E-state index in [4.69, 9.17) is 9.47 Å². The van der Waals surface area contributed by atoms with Crippen molar-refractivity contribution in [1.29, 1.82) is 0 Å². The Morgan fingerprint density at radius 3 is 2.50 bits per heavy atom. The number of amides is 2. The van der Waals surface area contributed by atoms with Gasteiger partial charge in [0, 0.05) is 12.1 Å². The molecule has 2 fully saturated rings. The zero-order valence-corrected chi connectivity index (χ0v) is 18.4. The van der Waals surface area contributed by atoms with Crippen molar-refractivity contribution < 1.29 is 24.2 Å². The number of aliphatic hydroxyl groups is 1. The second-order valence-electron chi connectivity index (χ2n) is 8.85. The molecule has 0 bridgehead atoms. The highest BCUT2D eigenvalue weighted by molar-refractivity contribution is 5.97. The highest BCUT2D eigenvalue weighted by Crippen LogP contribution is 2.30. The van der Waals surface area contributed by atoms with E-state index in [2.05, 4.69) is 5.32 Å². The van der Waals surface area contributed by atoms with Gasteiger partial charge in [-0.1, -0.05) is 32.0 Å². The van der Waals surface area contributed by atoms with Crippen molar-refractivity contribution in [3.8, 4) is 11.5 Å². The van der Waals surface area contributed by atoms with Gasteiger partial charge in [0.15, 0.2) is 0 Å². The Balaban J connectivity index is 1.43. The first-order chi connectivity index (χ1) is 15.4. The summed E-state index contributed by atoms with van der Waals surface area (Å²) < 4.78 is 11.4. The normalized spacial score (nSPS) is 23.1. The molecule has 4 rings (SSSR count). The summed E-state index contributed by atoms with van der Waals surface area (Å²) in [5.74, 6) is 1.09. The van der Waals surface area contributed by atoms with E-state index in [1.807, 2.05) is 44.2 Å². The molecule has 4 atom stereocenters. The Morgan fingerprint density at radius 1 is 1.12 bits per heavy atom. The van der Waals surface area contributed by atoms with Gasteiger partial charge in [-0.3, -0.25) is 9.59 Å². The summed E-state index contributed by atoms with van der Waals surface area (Å²) in [5.41, 5.74) is 0.454. The van der Waals surface area contributed by atoms with Crippen molar-refractivity contribution in [3.05, 3.63) is 60.2 Å². The third-order valence-corrected chi connectivity index (χ3v) is 5.96. The van der Waals surface area contributed by atoms with E-state index in [1.165, 1.54) is 0 Å². The predicted octanol–water partition coefficient (Wildman–Crippen LogP) is 2.98. The summed E-state index contributed by atoms with van der Waals surface area (Å²) >= 11 is 0. The maximum Gasteiger partial charge on any atom is 0.251 e. The second kappa shape index (κ2) is 9.71. The van der Waals surface area contributed by atoms with Crippen molar-refractivity contribution in [2.45, 2.75) is 51.0 Å². The molecule has 0 unspecified atom stereocenters. The van der Waals surface area contributed by atoms with Crippen LogP contribution in [0, 0.1) is 5.92 Å². The largest absolute Gasteiger partial charge is 0.457 e. The minimum absolute atomic E-state index is 0.124. The van der Waals surface area contributed by atoms with Crippen LogP contribution >= 0.6 is 0 Å². The highest BCUT2D eigenvalue weighted by atomic mass is 16.5. The lowest BCUT2D eigenvalue weighted by Gasteiger charge is -2.30. The lowest BCUT2D eigenvalue weighted by molar-refractivity contribution is -0.136. The van der Waals surface area contributed by atoms with Crippen LogP contribution in [-0.4, -0.2) is 59.3 Å². The van der Waals surface area contributed by atoms with Gasteiger partial charge in [-0.05, 0) is 55.2 Å². The smallest absolute Gasteiger partial charge is 0.251 e. The molecule has 2 aromatic rings. The monoisotopic (exact) mass is 438 g/mol. The number of carbonyl (C=O) groups is 2. The Bertz CT molecular complexity index is 931. The zero-order chi connectivity index (χ0) is 22.7. The van der Waals surface area contributed by atoms with Crippen molar-refractivity contribution in [2.24, 2.45) is 5.92 Å². The number of carbonyl (C=O) groups excluding carboxylic acids is 2. The van der Waals surface area contributed by atoms with Gasteiger partial charge < -0.3 is 24.8 Å². The van der Waals surface area contributed by atoms with Gasteiger partial charge in [0.05, 0.1) is 18.8 Å². The van der Waals surface area contributed by atoms with Crippen LogP contribution in [0.3, 0.4) is 0 Å². The predicted molar refractivity (Wildman–Crippen MR) is 120 cm³/mol. The van der Waals surface area contributed by atoms with Crippen molar-refractivity contribution in [2.75, 3.05) is 13.2 Å². The number of hydrogen-bond acceptors (Lipinski definition) is 5. The second-order valence-corrected chi connectivity index (χ2v) is 8.85. The number of likely N-dealkylation sites (tertiary alicyclic amines) is 1. The number of nitrogens with one attached hydrogen (secondary N) is 1. The van der Waals surface area contributed by atoms with E-state index < -0.39 is 12.1 Å². The summed E-state index contributed by atoms with van der Waals surface area (Å²) in [5, 5.41) is 13.2. The van der Waals surface area contributed by atoms with Crippen LogP contribution in [0.5, 0.6) is 11.5 Å². The van der Waals surface area contributed by atoms with Crippen LogP contribution in [-0.2, 0) is 9.53 Å². The lowest BCUT2D eigenvalue weighted by atomic mass is 10.0. The number of rotatable bonds is 7. The fraction of sp³-hybridized carbons (Fsp3) is 0.440. The SMILES string of the molecule is CC(C)C[C@H](NC(=O)c1ccc(Oc2ccccc2)cc1)C(=O)N1CC[C@H]2OC[C@H](O)[C@H]21. The molecule has 2 heterocycles. The van der Waals surface area contributed by atoms with E-state index in [9.17, 15) is 14.7 Å². The molecular weight excluding hydrogens is 408 g/mol. The first-order valence-corrected chi connectivity index (χ1v) is 11.2. The minimum Gasteiger partial charge on any atom is -0.457 e. The number of para-hydroxylation sites is 1. The van der Waals surface area contributed by atoms with Crippen molar-refractivity contribution >= 4 is 11.8 Å². The molecule has 2 aliphatic rings. The summed E-state index contributed by atoms with van der Waals surface area (Å²) in [6.45, 7) is 4.81. The Labute approximate surface area is 188 Å². The van der Waals surface area contributed by atoms with Gasteiger partial charge >= 0.3 is 0 Å². The summed E-state index contributed by atoms with van der Waals surface area (Å²) in [7, 11) is 0. The van der Waals surface area contributed by atoms with Crippen LogP contribution in [0.4, 0.5) is 0 Å². The molecule has 32 heavy (non-hydrogen) atoms. The van der Waals surface area contributed by atoms with Gasteiger partial charge in [-0.25, -0.2) is 0 Å². The first kappa shape index (κ1) is 22.3. The van der Waals surface area contributed by atoms with Gasteiger partial charge in [-0.2, -0.15) is 0 Å². The number of ether oxygens (including phenoxy) is 2. The molecule has 170 valence electrons. The molecule has 7 nitrogen and oxygen atoms in total. The lowest BCUT2D eigenvalue weighted by Crippen LogP contribution is -2.53. The molecule has 2 aromatic carbocycles. The van der Waals surface area contributed by atoms with E-state index in [0.717, 1.165) is 0 Å². The van der Waals surface area contributed by atoms with Crippen LogP contribution in [0.15, 0.2) is 54.6 Å². The zero-order valence-electron chi connectivity index (χ0n) is 18.4. The van der Waals surface area contributed by atoms with Crippen molar-refractivity contribution in [3.63, 3.8) is 0 Å². The molecule has 2 aliphatic heterocycles. The molecule has 0 aromatic heterocycles. The Morgan fingerprint density at radius 2 is 1.81 bits per heavy atom. The van der Waals surface area contributed by atoms with Gasteiger partial charge in [0.25, 0.3) is 5.91 Å². The average molecular weight is 439 g/mol. The van der Waals surface area contributed by atoms with Gasteiger partial charge in [-0.15, -0.1) is 0 Å². The van der Waals surface area contributed by atoms with Gasteiger partial charge in [0.2, 0.25) is 5.91 Å². The Hall–Kier alpha value is -2.90. The average Bonchev–Trinajstić information content (AvgIpc) is 3.37. The van der Waals surface area contributed by atoms with Crippen LogP contribution in [0.2, 0.25) is 0 Å². The summed E-state index contributed by atoms with van der Waals surface area (Å²) in [6, 6.07) is 15.3. The van der Waals surface area contributed by atoms with Crippen LogP contribution in [0.25, 0.3) is 0 Å². The molecule has 0 radical (unpaired) electrons. The maximum atomic E-state index is 13.3. The Kier molecular flexibility index (Phi) is 6.77. The third kappa shape index (κ3) is 4.95. The number of nitrogens with zero attached hydrogens (tertiary/aromatic N) is 1. The van der Waals surface area contributed by atoms with Gasteiger partial charge in [0.1, 0.15) is 23.6 Å². The number of hydrogen-bond donors (Lipinski definition) is 2. The van der Waals surface area contributed by atoms with Crippen molar-refractivity contribution in [1.82, 2.24) is 10.2 Å². The highest BCUT2D eigenvalue weighted by Gasteiger charge is 2.48. The van der Waals surface area contributed by atoms with E-state index in [1.54, 1.807) is 29.2 Å². The molecule has 0 saturated carbocycles. The van der Waals surface area contributed by atoms with E-state index >= 15 is 0 Å². The number of benzene rings is 2. The molecule has 2 saturated heterocycles. The molecule has 0 spiro atoms. The fourth-order valence-electron chi connectivity index (χ4n) is 4.44. The summed E-state index contributed by atoms with van der Waals surface area (Å²) in [6.07, 6.45) is 0.420. The van der Waals surface area contributed by atoms with Crippen LogP contribution < -0.4 is 10.1 Å². The maximum absolute atomic E-state index is 13.3. The number of aliphatic hydroxyl groups excluding tert-OH is 1. The minimum atomic E-state index is -0.681. The first-order valence-electron chi connectivity index (χ1n) is 11.2. The summed E-state index contributed by atoms with van der Waals surface area (Å²) in [4.78, 5) is 27.9. The molecular formula is C25H30N2O5. The molecule has 7 heteroatoms. The number of fused-ring (bicyclic) bond motifs is 1. The fourth-order valence-corrected chi connectivity index (χ4v) is 4.44. The molecule has 2 N–H and O–H groups in total. The molecule has 2 amide bonds. The third-order valence-electron chi connectivity index (χ3n) is 5.96. The van der Waals surface area contributed by atoms with E-state index in [0.29, 0.717) is 36.4 Å². The quantitative estimate of drug-likeness (QED) is 0.694. The molecule has 0 aliphatic carbocycles. The standard InChI is InChI=1S/C25H30N2O5/c1-16(2)14-20(25(30)27-13-12-22-23(27)21(28)15-31-22)26-24(29)17-8-10-19(11-9-17)32-18-6-4-3-5-7-18/h3-11,16,20-23,28H,12-15H2,1-2H3,(H,26,29)/t20-,21-,22+,23+/m0/s1. The van der Waals surface area contributed by atoms with E-state index in [-0.39, 0.29) is 36.5 Å². The topological polar surface area (TPSA) is 88.1 Å².